The summed E-state index contributed by atoms with van der Waals surface area (Å²) >= 11 is 0. The van der Waals surface area contributed by atoms with E-state index in [0.717, 1.165) is 0 Å². The molecule has 0 spiro atoms. The van der Waals surface area contributed by atoms with E-state index in [0.29, 0.717) is 26.1 Å². The van der Waals surface area contributed by atoms with Gasteiger partial charge in [0, 0.05) is 13.0 Å². The maximum Gasteiger partial charge on any atom is 0.0873 e. The minimum absolute atomic E-state index is 0.353. The lowest BCUT2D eigenvalue weighted by Crippen LogP contribution is -2.25. The molecule has 0 aliphatic carbocycles. The van der Waals surface area contributed by atoms with Crippen molar-refractivity contribution in [1.82, 2.24) is 4.90 Å². The second kappa shape index (κ2) is 6.69. The highest BCUT2D eigenvalue weighted by Crippen LogP contribution is 1.88. The van der Waals surface area contributed by atoms with Crippen molar-refractivity contribution >= 4 is 0 Å². The summed E-state index contributed by atoms with van der Waals surface area (Å²) in [6.45, 7) is 1.55. The van der Waals surface area contributed by atoms with Crippen molar-refractivity contribution in [2.24, 2.45) is 0 Å². The SMILES string of the molecule is C#CCCN(CC#C)CC#N. The van der Waals surface area contributed by atoms with Crippen LogP contribution in [-0.4, -0.2) is 24.5 Å². The summed E-state index contributed by atoms with van der Waals surface area (Å²) in [5.74, 6) is 4.96. The Morgan fingerprint density at radius 1 is 1.18 bits per heavy atom. The third-order valence-corrected chi connectivity index (χ3v) is 1.18. The molecule has 0 atom stereocenters. The van der Waals surface area contributed by atoms with Crippen LogP contribution >= 0.6 is 0 Å². The molecule has 2 heteroatoms. The Labute approximate surface area is 67.8 Å². The van der Waals surface area contributed by atoms with Gasteiger partial charge in [-0.3, -0.25) is 4.90 Å². The molecule has 0 saturated carbocycles. The van der Waals surface area contributed by atoms with Gasteiger partial charge in [0.05, 0.1) is 19.2 Å². The molecule has 0 aliphatic heterocycles. The van der Waals surface area contributed by atoms with Gasteiger partial charge in [-0.25, -0.2) is 0 Å². The lowest BCUT2D eigenvalue weighted by atomic mass is 10.4. The molecular weight excluding hydrogens is 136 g/mol. The van der Waals surface area contributed by atoms with Gasteiger partial charge >= 0.3 is 0 Å². The van der Waals surface area contributed by atoms with Crippen LogP contribution in [0.2, 0.25) is 0 Å². The van der Waals surface area contributed by atoms with Crippen LogP contribution < -0.4 is 0 Å². The van der Waals surface area contributed by atoms with Crippen molar-refractivity contribution in [1.29, 1.82) is 5.26 Å². The highest BCUT2D eigenvalue weighted by Gasteiger charge is 1.98. The topological polar surface area (TPSA) is 27.0 Å². The van der Waals surface area contributed by atoms with Gasteiger partial charge in [-0.15, -0.1) is 18.8 Å². The van der Waals surface area contributed by atoms with Crippen molar-refractivity contribution in [3.05, 3.63) is 0 Å². The van der Waals surface area contributed by atoms with Crippen molar-refractivity contribution in [3.8, 4) is 30.8 Å². The van der Waals surface area contributed by atoms with E-state index in [1.807, 2.05) is 11.0 Å². The zero-order valence-corrected chi connectivity index (χ0v) is 6.38. The molecular formula is C9H10N2. The smallest absolute Gasteiger partial charge is 0.0873 e. The number of hydrogen-bond donors (Lipinski definition) is 0. The molecule has 11 heavy (non-hydrogen) atoms. The Kier molecular flexibility index (Phi) is 5.82. The number of nitrogens with zero attached hydrogens (tertiary/aromatic N) is 2. The van der Waals surface area contributed by atoms with E-state index in [1.165, 1.54) is 0 Å². The average Bonchev–Trinajstić information content (AvgIpc) is 2.01. The Morgan fingerprint density at radius 3 is 2.36 bits per heavy atom. The predicted molar refractivity (Wildman–Crippen MR) is 44.3 cm³/mol. The fourth-order valence-electron chi connectivity index (χ4n) is 0.666. The zero-order chi connectivity index (χ0) is 8.53. The average molecular weight is 146 g/mol. The summed E-state index contributed by atoms with van der Waals surface area (Å²) in [7, 11) is 0. The number of terminal acetylenes is 2. The molecule has 0 unspecified atom stereocenters. The molecule has 0 aromatic carbocycles. The van der Waals surface area contributed by atoms with Gasteiger partial charge < -0.3 is 0 Å². The molecule has 0 amide bonds. The second-order valence-electron chi connectivity index (χ2n) is 2.03. The van der Waals surface area contributed by atoms with Gasteiger partial charge in [-0.2, -0.15) is 5.26 Å². The third-order valence-electron chi connectivity index (χ3n) is 1.18. The minimum Gasteiger partial charge on any atom is -0.278 e. The van der Waals surface area contributed by atoms with E-state index in [-0.39, 0.29) is 0 Å². The molecule has 0 aromatic heterocycles. The zero-order valence-electron chi connectivity index (χ0n) is 6.38. The van der Waals surface area contributed by atoms with Crippen LogP contribution in [0.15, 0.2) is 0 Å². The van der Waals surface area contributed by atoms with Crippen LogP contribution in [-0.2, 0) is 0 Å². The minimum atomic E-state index is 0.353. The maximum absolute atomic E-state index is 8.35. The highest BCUT2D eigenvalue weighted by molar-refractivity contribution is 4.93. The lowest BCUT2D eigenvalue weighted by molar-refractivity contribution is 0.353. The summed E-state index contributed by atoms with van der Waals surface area (Å²) in [5.41, 5.74) is 0. The summed E-state index contributed by atoms with van der Waals surface area (Å²) in [4.78, 5) is 1.83. The maximum atomic E-state index is 8.35. The molecule has 0 N–H and O–H groups in total. The number of nitriles is 1. The van der Waals surface area contributed by atoms with Crippen molar-refractivity contribution < 1.29 is 0 Å². The molecule has 0 heterocycles. The van der Waals surface area contributed by atoms with E-state index < -0.39 is 0 Å². The monoisotopic (exact) mass is 146 g/mol. The van der Waals surface area contributed by atoms with Crippen molar-refractivity contribution in [2.45, 2.75) is 6.42 Å². The quantitative estimate of drug-likeness (QED) is 0.426. The predicted octanol–water partition coefficient (Wildman–Crippen LogP) is 0.468. The van der Waals surface area contributed by atoms with E-state index in [4.69, 9.17) is 18.1 Å². The van der Waals surface area contributed by atoms with Crippen LogP contribution in [0.25, 0.3) is 0 Å². The summed E-state index contributed by atoms with van der Waals surface area (Å²) in [5, 5.41) is 8.35. The Balaban J connectivity index is 3.65. The van der Waals surface area contributed by atoms with Gasteiger partial charge in [-0.1, -0.05) is 5.92 Å². The van der Waals surface area contributed by atoms with E-state index in [2.05, 4.69) is 11.8 Å². The van der Waals surface area contributed by atoms with E-state index >= 15 is 0 Å². The number of hydrogen-bond acceptors (Lipinski definition) is 2. The Bertz CT molecular complexity index is 195. The summed E-state index contributed by atoms with van der Waals surface area (Å²) in [6.07, 6.45) is 10.8. The molecule has 0 bridgehead atoms. The molecule has 0 radical (unpaired) electrons. The van der Waals surface area contributed by atoms with E-state index in [1.54, 1.807) is 0 Å². The van der Waals surface area contributed by atoms with Gasteiger partial charge in [0.15, 0.2) is 0 Å². The van der Waals surface area contributed by atoms with Gasteiger partial charge in [0.25, 0.3) is 0 Å². The first kappa shape index (κ1) is 9.57. The summed E-state index contributed by atoms with van der Waals surface area (Å²) in [6, 6.07) is 2.02. The first-order valence-corrected chi connectivity index (χ1v) is 3.31. The summed E-state index contributed by atoms with van der Waals surface area (Å²) < 4.78 is 0. The van der Waals surface area contributed by atoms with Crippen LogP contribution in [0.4, 0.5) is 0 Å². The first-order valence-electron chi connectivity index (χ1n) is 3.31. The van der Waals surface area contributed by atoms with E-state index in [9.17, 15) is 0 Å². The highest BCUT2D eigenvalue weighted by atomic mass is 15.1. The molecule has 0 rings (SSSR count). The largest absolute Gasteiger partial charge is 0.278 e. The normalized spacial score (nSPS) is 8.18. The van der Waals surface area contributed by atoms with Crippen LogP contribution in [0.1, 0.15) is 6.42 Å². The third kappa shape index (κ3) is 5.04. The lowest BCUT2D eigenvalue weighted by Gasteiger charge is -2.12. The molecule has 0 fully saturated rings. The van der Waals surface area contributed by atoms with Crippen molar-refractivity contribution in [3.63, 3.8) is 0 Å². The van der Waals surface area contributed by atoms with Gasteiger partial charge in [0.2, 0.25) is 0 Å². The van der Waals surface area contributed by atoms with Crippen LogP contribution in [0, 0.1) is 36.0 Å². The molecule has 56 valence electrons. The fourth-order valence-corrected chi connectivity index (χ4v) is 0.666. The Hall–Kier alpha value is -1.43. The molecule has 0 aromatic rings. The number of rotatable bonds is 4. The molecule has 0 aliphatic rings. The van der Waals surface area contributed by atoms with Crippen LogP contribution in [0.5, 0.6) is 0 Å². The standard InChI is InChI=1S/C9H10N2/c1-3-5-8-11(7-4-2)9-6-10/h1-2H,5,7-9H2. The van der Waals surface area contributed by atoms with Gasteiger partial charge in [0.1, 0.15) is 0 Å². The van der Waals surface area contributed by atoms with Gasteiger partial charge in [-0.05, 0) is 0 Å². The molecule has 2 nitrogen and oxygen atoms in total. The molecule has 0 saturated heterocycles. The fraction of sp³-hybridized carbons (Fsp3) is 0.444. The van der Waals surface area contributed by atoms with Crippen molar-refractivity contribution in [2.75, 3.05) is 19.6 Å². The Morgan fingerprint density at radius 2 is 1.91 bits per heavy atom. The first-order chi connectivity index (χ1) is 5.35. The van der Waals surface area contributed by atoms with Crippen LogP contribution in [0.3, 0.4) is 0 Å². The second-order valence-corrected chi connectivity index (χ2v) is 2.03.